The van der Waals surface area contributed by atoms with Crippen molar-refractivity contribution in [3.63, 3.8) is 0 Å². The predicted octanol–water partition coefficient (Wildman–Crippen LogP) is 8.79. The summed E-state index contributed by atoms with van der Waals surface area (Å²) < 4.78 is 2.35. The van der Waals surface area contributed by atoms with Crippen LogP contribution in [0.4, 0.5) is 0 Å². The number of carboxylic acid groups (broad SMARTS) is 1. The minimum absolute atomic E-state index is 0.260. The fourth-order valence-corrected chi connectivity index (χ4v) is 6.11. The summed E-state index contributed by atoms with van der Waals surface area (Å²) in [6, 6.07) is 35.0. The lowest BCUT2D eigenvalue weighted by molar-refractivity contribution is 0.0697. The molecule has 2 aromatic heterocycles. The number of nitrogens with zero attached hydrogens (tertiary/aromatic N) is 3. The number of hydrogen-bond acceptors (Lipinski definition) is 3. The van der Waals surface area contributed by atoms with Crippen LogP contribution in [0.1, 0.15) is 48.5 Å². The Kier molecular flexibility index (Phi) is 6.12. The van der Waals surface area contributed by atoms with Gasteiger partial charge in [0.05, 0.1) is 27.8 Å². The topological polar surface area (TPSA) is 68.0 Å². The van der Waals surface area contributed by atoms with Gasteiger partial charge in [0.2, 0.25) is 0 Å². The first-order chi connectivity index (χ1) is 19.7. The summed E-state index contributed by atoms with van der Waals surface area (Å²) in [5, 5.41) is 10.6. The lowest BCUT2D eigenvalue weighted by atomic mass is 9.94. The number of benzene rings is 4. The molecular weight excluding hydrogens is 494 g/mol. The van der Waals surface area contributed by atoms with Crippen molar-refractivity contribution in [2.24, 2.45) is 0 Å². The first-order valence-electron chi connectivity index (χ1n) is 14.0. The minimum atomic E-state index is -0.935. The van der Waals surface area contributed by atoms with E-state index in [1.165, 1.54) is 19.3 Å². The second-order valence-electron chi connectivity index (χ2n) is 10.6. The fourth-order valence-electron chi connectivity index (χ4n) is 6.11. The van der Waals surface area contributed by atoms with E-state index in [4.69, 9.17) is 9.97 Å². The minimum Gasteiger partial charge on any atom is -0.478 e. The summed E-state index contributed by atoms with van der Waals surface area (Å²) in [4.78, 5) is 21.9. The maximum Gasteiger partial charge on any atom is 0.335 e. The van der Waals surface area contributed by atoms with Gasteiger partial charge in [0.15, 0.2) is 0 Å². The lowest BCUT2D eigenvalue weighted by Gasteiger charge is -2.25. The molecule has 6 aromatic rings. The molecule has 5 heteroatoms. The number of rotatable bonds is 5. The molecule has 1 N–H and O–H groups in total. The molecule has 0 spiro atoms. The first kappa shape index (κ1) is 24.3. The van der Waals surface area contributed by atoms with Crippen LogP contribution in [-0.2, 0) is 0 Å². The average molecular weight is 524 g/mol. The van der Waals surface area contributed by atoms with Crippen LogP contribution in [0.2, 0.25) is 0 Å². The summed E-state index contributed by atoms with van der Waals surface area (Å²) in [5.41, 5.74) is 8.17. The van der Waals surface area contributed by atoms with E-state index in [9.17, 15) is 9.90 Å². The Morgan fingerprint density at radius 3 is 2.15 bits per heavy atom. The Morgan fingerprint density at radius 2 is 1.43 bits per heavy atom. The summed E-state index contributed by atoms with van der Waals surface area (Å²) in [7, 11) is 0. The van der Waals surface area contributed by atoms with Crippen molar-refractivity contribution in [1.82, 2.24) is 14.5 Å². The molecule has 0 unspecified atom stereocenters. The van der Waals surface area contributed by atoms with E-state index >= 15 is 0 Å². The Bertz CT molecular complexity index is 1850. The molecule has 0 amide bonds. The molecule has 0 aliphatic heterocycles. The SMILES string of the molecule is O=C(O)c1ccc2c(c1)nc(-c1ccc3nc(-c4ccccc4)c(-c4ccccc4)cc3c1)n2C1CCCCC1. The zero-order chi connectivity index (χ0) is 27.1. The Labute approximate surface area is 232 Å². The van der Waals surface area contributed by atoms with E-state index in [0.29, 0.717) is 6.04 Å². The highest BCUT2D eigenvalue weighted by Gasteiger charge is 2.23. The molecule has 1 fully saturated rings. The van der Waals surface area contributed by atoms with Crippen molar-refractivity contribution in [3.05, 3.63) is 109 Å². The van der Waals surface area contributed by atoms with Gasteiger partial charge in [-0.25, -0.2) is 14.8 Å². The molecule has 196 valence electrons. The number of aromatic carboxylic acids is 1. The van der Waals surface area contributed by atoms with Crippen LogP contribution < -0.4 is 0 Å². The highest BCUT2D eigenvalue weighted by Crippen LogP contribution is 2.38. The van der Waals surface area contributed by atoms with Crippen molar-refractivity contribution in [2.75, 3.05) is 0 Å². The standard InChI is InChI=1S/C35H29N3O2/c39-35(40)26-17-19-32-31(22-26)37-34(38(32)28-14-8-3-9-15-28)25-16-18-30-27(20-25)21-29(23-10-4-1-5-11-23)33(36-30)24-12-6-2-7-13-24/h1-2,4-7,10-13,16-22,28H,3,8-9,14-15H2,(H,39,40). The third-order valence-corrected chi connectivity index (χ3v) is 8.08. The molecule has 2 heterocycles. The maximum absolute atomic E-state index is 11.7. The van der Waals surface area contributed by atoms with Gasteiger partial charge < -0.3 is 9.67 Å². The quantitative estimate of drug-likeness (QED) is 0.245. The molecule has 5 nitrogen and oxygen atoms in total. The van der Waals surface area contributed by atoms with Crippen LogP contribution in [0.3, 0.4) is 0 Å². The second kappa shape index (κ2) is 10.1. The number of fused-ring (bicyclic) bond motifs is 2. The van der Waals surface area contributed by atoms with Crippen molar-refractivity contribution >= 4 is 27.9 Å². The van der Waals surface area contributed by atoms with Gasteiger partial charge in [-0.2, -0.15) is 0 Å². The van der Waals surface area contributed by atoms with E-state index in [1.54, 1.807) is 12.1 Å². The zero-order valence-electron chi connectivity index (χ0n) is 22.1. The zero-order valence-corrected chi connectivity index (χ0v) is 22.1. The van der Waals surface area contributed by atoms with Crippen molar-refractivity contribution < 1.29 is 9.90 Å². The Morgan fingerprint density at radius 1 is 0.700 bits per heavy atom. The third kappa shape index (κ3) is 4.34. The van der Waals surface area contributed by atoms with E-state index in [2.05, 4.69) is 65.2 Å². The molecular formula is C35H29N3O2. The summed E-state index contributed by atoms with van der Waals surface area (Å²) in [6.45, 7) is 0. The maximum atomic E-state index is 11.7. The number of hydrogen-bond donors (Lipinski definition) is 1. The van der Waals surface area contributed by atoms with Crippen molar-refractivity contribution in [2.45, 2.75) is 38.1 Å². The summed E-state index contributed by atoms with van der Waals surface area (Å²) in [5.74, 6) is -0.0464. The third-order valence-electron chi connectivity index (χ3n) is 8.08. The van der Waals surface area contributed by atoms with Crippen molar-refractivity contribution in [3.8, 4) is 33.8 Å². The van der Waals surface area contributed by atoms with Gasteiger partial charge in [-0.3, -0.25) is 0 Å². The monoisotopic (exact) mass is 523 g/mol. The highest BCUT2D eigenvalue weighted by atomic mass is 16.4. The van der Waals surface area contributed by atoms with Crippen LogP contribution >= 0.6 is 0 Å². The average Bonchev–Trinajstić information content (AvgIpc) is 3.40. The van der Waals surface area contributed by atoms with Crippen molar-refractivity contribution in [1.29, 1.82) is 0 Å². The smallest absolute Gasteiger partial charge is 0.335 e. The normalized spacial score (nSPS) is 14.1. The number of imidazole rings is 1. The van der Waals surface area contributed by atoms with Gasteiger partial charge in [-0.05, 0) is 60.9 Å². The van der Waals surface area contributed by atoms with E-state index in [0.717, 1.165) is 68.6 Å². The molecule has 0 atom stereocenters. The number of aromatic nitrogens is 3. The summed E-state index contributed by atoms with van der Waals surface area (Å²) in [6.07, 6.45) is 5.86. The van der Waals surface area contributed by atoms with E-state index in [-0.39, 0.29) is 5.56 Å². The van der Waals surface area contributed by atoms with Gasteiger partial charge in [0.25, 0.3) is 0 Å². The molecule has 1 saturated carbocycles. The molecule has 1 aliphatic rings. The fraction of sp³-hybridized carbons (Fsp3) is 0.171. The van der Waals surface area contributed by atoms with Crippen LogP contribution in [-0.4, -0.2) is 25.6 Å². The first-order valence-corrected chi connectivity index (χ1v) is 14.0. The molecule has 7 rings (SSSR count). The molecule has 0 radical (unpaired) electrons. The van der Waals surface area contributed by atoms with Crippen LogP contribution in [0.5, 0.6) is 0 Å². The molecule has 0 bridgehead atoms. The van der Waals surface area contributed by atoms with E-state index in [1.807, 2.05) is 30.3 Å². The van der Waals surface area contributed by atoms with Gasteiger partial charge in [0.1, 0.15) is 5.82 Å². The van der Waals surface area contributed by atoms with Crippen LogP contribution in [0, 0.1) is 0 Å². The predicted molar refractivity (Wildman–Crippen MR) is 160 cm³/mol. The summed E-state index contributed by atoms with van der Waals surface area (Å²) >= 11 is 0. The van der Waals surface area contributed by atoms with Gasteiger partial charge in [0, 0.05) is 28.1 Å². The van der Waals surface area contributed by atoms with Gasteiger partial charge >= 0.3 is 5.97 Å². The van der Waals surface area contributed by atoms with Crippen LogP contribution in [0.25, 0.3) is 55.7 Å². The number of carboxylic acids is 1. The Hall–Kier alpha value is -4.77. The van der Waals surface area contributed by atoms with E-state index < -0.39 is 5.97 Å². The number of pyridine rings is 1. The molecule has 1 aliphatic carbocycles. The largest absolute Gasteiger partial charge is 0.478 e. The molecule has 0 saturated heterocycles. The Balaban J connectivity index is 1.43. The van der Waals surface area contributed by atoms with Gasteiger partial charge in [-0.1, -0.05) is 79.9 Å². The molecule has 40 heavy (non-hydrogen) atoms. The molecule has 4 aromatic carbocycles. The second-order valence-corrected chi connectivity index (χ2v) is 10.6. The number of carbonyl (C=O) groups is 1. The highest BCUT2D eigenvalue weighted by molar-refractivity contribution is 5.95. The lowest BCUT2D eigenvalue weighted by Crippen LogP contribution is -2.14. The van der Waals surface area contributed by atoms with Crippen LogP contribution in [0.15, 0.2) is 103 Å². The van der Waals surface area contributed by atoms with Gasteiger partial charge in [-0.15, -0.1) is 0 Å².